The topological polar surface area (TPSA) is 54.5 Å². The van der Waals surface area contributed by atoms with Crippen LogP contribution in [0.25, 0.3) is 0 Å². The lowest BCUT2D eigenvalue weighted by Crippen LogP contribution is -2.27. The lowest BCUT2D eigenvalue weighted by molar-refractivity contribution is 0.0948. The monoisotopic (exact) mass is 333 g/mol. The maximum Gasteiger partial charge on any atom is 0.270 e. The van der Waals surface area contributed by atoms with Gasteiger partial charge in [0.05, 0.1) is 12.1 Å². The van der Waals surface area contributed by atoms with Crippen molar-refractivity contribution in [2.75, 3.05) is 34.3 Å². The standard InChI is InChI=1S/C17H23N3O2S/c1-20(2)10-4-9-18-17(21)15-12-23-16(19-15)11-13-5-7-14(22-3)8-6-13/h5-8,12H,4,9-11H2,1-3H3,(H,18,21). The van der Waals surface area contributed by atoms with Crippen LogP contribution in [0.4, 0.5) is 0 Å². The highest BCUT2D eigenvalue weighted by Gasteiger charge is 2.10. The summed E-state index contributed by atoms with van der Waals surface area (Å²) in [6.45, 7) is 1.63. The van der Waals surface area contributed by atoms with Gasteiger partial charge in [0.1, 0.15) is 11.4 Å². The van der Waals surface area contributed by atoms with Gasteiger partial charge in [-0.2, -0.15) is 0 Å². The van der Waals surface area contributed by atoms with Crippen molar-refractivity contribution in [3.8, 4) is 5.75 Å². The number of rotatable bonds is 8. The summed E-state index contributed by atoms with van der Waals surface area (Å²) in [5.41, 5.74) is 1.65. The fraction of sp³-hybridized carbons (Fsp3) is 0.412. The molecule has 6 heteroatoms. The summed E-state index contributed by atoms with van der Waals surface area (Å²) < 4.78 is 5.15. The second kappa shape index (κ2) is 8.64. The van der Waals surface area contributed by atoms with Gasteiger partial charge in [0.25, 0.3) is 5.91 Å². The van der Waals surface area contributed by atoms with E-state index in [0.29, 0.717) is 12.2 Å². The summed E-state index contributed by atoms with van der Waals surface area (Å²) in [5.74, 6) is 0.742. The van der Waals surface area contributed by atoms with Crippen LogP contribution >= 0.6 is 11.3 Å². The third kappa shape index (κ3) is 5.65. The quantitative estimate of drug-likeness (QED) is 0.754. The van der Waals surface area contributed by atoms with Crippen molar-refractivity contribution in [2.24, 2.45) is 0 Å². The number of ether oxygens (including phenoxy) is 1. The van der Waals surface area contributed by atoms with E-state index in [1.165, 1.54) is 11.3 Å². The number of methoxy groups -OCH3 is 1. The number of nitrogens with zero attached hydrogens (tertiary/aromatic N) is 2. The normalized spacial score (nSPS) is 10.8. The first-order valence-corrected chi connectivity index (χ1v) is 8.46. The van der Waals surface area contributed by atoms with E-state index < -0.39 is 0 Å². The summed E-state index contributed by atoms with van der Waals surface area (Å²) in [4.78, 5) is 18.6. The van der Waals surface area contributed by atoms with E-state index in [1.807, 2.05) is 43.7 Å². The van der Waals surface area contributed by atoms with E-state index in [4.69, 9.17) is 4.74 Å². The van der Waals surface area contributed by atoms with Crippen LogP contribution in [0.15, 0.2) is 29.6 Å². The molecule has 5 nitrogen and oxygen atoms in total. The molecule has 0 radical (unpaired) electrons. The van der Waals surface area contributed by atoms with E-state index in [1.54, 1.807) is 7.11 Å². The van der Waals surface area contributed by atoms with Crippen LogP contribution < -0.4 is 10.1 Å². The minimum Gasteiger partial charge on any atom is -0.497 e. The van der Waals surface area contributed by atoms with Crippen LogP contribution in [0, 0.1) is 0 Å². The molecular formula is C17H23N3O2S. The van der Waals surface area contributed by atoms with Gasteiger partial charge in [0.15, 0.2) is 0 Å². The van der Waals surface area contributed by atoms with Gasteiger partial charge in [-0.25, -0.2) is 4.98 Å². The molecule has 0 aliphatic carbocycles. The predicted molar refractivity (Wildman–Crippen MR) is 93.4 cm³/mol. The van der Waals surface area contributed by atoms with Crippen molar-refractivity contribution in [1.29, 1.82) is 0 Å². The van der Waals surface area contributed by atoms with Crippen LogP contribution in [0.2, 0.25) is 0 Å². The van der Waals surface area contributed by atoms with E-state index >= 15 is 0 Å². The zero-order chi connectivity index (χ0) is 16.7. The second-order valence-corrected chi connectivity index (χ2v) is 6.51. The molecule has 0 fully saturated rings. The number of hydrogen-bond acceptors (Lipinski definition) is 5. The Hall–Kier alpha value is -1.92. The third-order valence-corrected chi connectivity index (χ3v) is 4.22. The Balaban J connectivity index is 1.85. The van der Waals surface area contributed by atoms with Crippen molar-refractivity contribution in [3.05, 3.63) is 45.9 Å². The maximum atomic E-state index is 12.0. The summed E-state index contributed by atoms with van der Waals surface area (Å²) in [6.07, 6.45) is 1.66. The van der Waals surface area contributed by atoms with Gasteiger partial charge in [-0.3, -0.25) is 4.79 Å². The number of amides is 1. The third-order valence-electron chi connectivity index (χ3n) is 3.37. The number of carbonyl (C=O) groups is 1. The van der Waals surface area contributed by atoms with Crippen molar-refractivity contribution in [1.82, 2.24) is 15.2 Å². The van der Waals surface area contributed by atoms with Gasteiger partial charge in [-0.05, 0) is 44.8 Å². The maximum absolute atomic E-state index is 12.0. The SMILES string of the molecule is COc1ccc(Cc2nc(C(=O)NCCCN(C)C)cs2)cc1. The molecule has 0 spiro atoms. The molecule has 2 rings (SSSR count). The highest BCUT2D eigenvalue weighted by Crippen LogP contribution is 2.17. The molecule has 23 heavy (non-hydrogen) atoms. The van der Waals surface area contributed by atoms with Crippen LogP contribution in [-0.2, 0) is 6.42 Å². The highest BCUT2D eigenvalue weighted by molar-refractivity contribution is 7.09. The first-order valence-electron chi connectivity index (χ1n) is 7.58. The Morgan fingerprint density at radius 2 is 2.04 bits per heavy atom. The molecule has 0 unspecified atom stereocenters. The Kier molecular flexibility index (Phi) is 6.55. The largest absolute Gasteiger partial charge is 0.497 e. The van der Waals surface area contributed by atoms with Crippen LogP contribution in [0.1, 0.15) is 27.5 Å². The van der Waals surface area contributed by atoms with Crippen molar-refractivity contribution in [2.45, 2.75) is 12.8 Å². The molecule has 124 valence electrons. The molecule has 1 aromatic carbocycles. The van der Waals surface area contributed by atoms with E-state index in [9.17, 15) is 4.79 Å². The van der Waals surface area contributed by atoms with Crippen molar-refractivity contribution >= 4 is 17.2 Å². The summed E-state index contributed by atoms with van der Waals surface area (Å²) in [5, 5.41) is 5.67. The average molecular weight is 333 g/mol. The fourth-order valence-corrected chi connectivity index (χ4v) is 2.91. The van der Waals surface area contributed by atoms with Crippen LogP contribution in [-0.4, -0.2) is 50.1 Å². The highest BCUT2D eigenvalue weighted by atomic mass is 32.1. The van der Waals surface area contributed by atoms with Crippen molar-refractivity contribution < 1.29 is 9.53 Å². The average Bonchev–Trinajstić information content (AvgIpc) is 3.00. The molecule has 1 heterocycles. The lowest BCUT2D eigenvalue weighted by Gasteiger charge is -2.09. The Morgan fingerprint density at radius 3 is 2.70 bits per heavy atom. The smallest absolute Gasteiger partial charge is 0.270 e. The molecule has 0 atom stereocenters. The molecule has 2 aromatic rings. The second-order valence-electron chi connectivity index (χ2n) is 5.56. The number of thiazole rings is 1. The molecule has 1 aromatic heterocycles. The summed E-state index contributed by atoms with van der Waals surface area (Å²) in [7, 11) is 5.70. The summed E-state index contributed by atoms with van der Waals surface area (Å²) >= 11 is 1.52. The minimum atomic E-state index is -0.0963. The van der Waals surface area contributed by atoms with Crippen LogP contribution in [0.5, 0.6) is 5.75 Å². The zero-order valence-electron chi connectivity index (χ0n) is 13.8. The number of carbonyl (C=O) groups excluding carboxylic acids is 1. The molecule has 0 saturated carbocycles. The number of aromatic nitrogens is 1. The number of benzene rings is 1. The molecule has 1 N–H and O–H groups in total. The molecule has 0 bridgehead atoms. The Bertz CT molecular complexity index is 623. The van der Waals surface area contributed by atoms with E-state index in [2.05, 4.69) is 15.2 Å². The lowest BCUT2D eigenvalue weighted by atomic mass is 10.1. The van der Waals surface area contributed by atoms with Gasteiger partial charge < -0.3 is 15.0 Å². The van der Waals surface area contributed by atoms with Crippen molar-refractivity contribution in [3.63, 3.8) is 0 Å². The number of hydrogen-bond donors (Lipinski definition) is 1. The zero-order valence-corrected chi connectivity index (χ0v) is 14.7. The Labute approximate surface area is 141 Å². The number of nitrogens with one attached hydrogen (secondary N) is 1. The van der Waals surface area contributed by atoms with Gasteiger partial charge in [0, 0.05) is 18.3 Å². The Morgan fingerprint density at radius 1 is 1.30 bits per heavy atom. The molecular weight excluding hydrogens is 310 g/mol. The first kappa shape index (κ1) is 17.4. The van der Waals surface area contributed by atoms with Gasteiger partial charge in [-0.1, -0.05) is 12.1 Å². The van der Waals surface area contributed by atoms with Gasteiger partial charge in [0.2, 0.25) is 0 Å². The molecule has 0 aliphatic rings. The van der Waals surface area contributed by atoms with E-state index in [-0.39, 0.29) is 5.91 Å². The molecule has 1 amide bonds. The molecule has 0 saturated heterocycles. The van der Waals surface area contributed by atoms with Crippen LogP contribution in [0.3, 0.4) is 0 Å². The van der Waals surface area contributed by atoms with Gasteiger partial charge >= 0.3 is 0 Å². The minimum absolute atomic E-state index is 0.0963. The first-order chi connectivity index (χ1) is 11.1. The molecule has 0 aliphatic heterocycles. The van der Waals surface area contributed by atoms with E-state index in [0.717, 1.165) is 35.7 Å². The summed E-state index contributed by atoms with van der Waals surface area (Å²) in [6, 6.07) is 7.89. The fourth-order valence-electron chi connectivity index (χ4n) is 2.10. The predicted octanol–water partition coefficient (Wildman–Crippen LogP) is 2.42. The van der Waals surface area contributed by atoms with Gasteiger partial charge in [-0.15, -0.1) is 11.3 Å².